The Kier molecular flexibility index (Phi) is 4.49. The van der Waals surface area contributed by atoms with Crippen molar-refractivity contribution in [1.29, 1.82) is 0 Å². The average Bonchev–Trinajstić information content (AvgIpc) is 2.17. The number of pyridine rings is 1. The topological polar surface area (TPSA) is 37.0 Å². The van der Waals surface area contributed by atoms with Gasteiger partial charge in [0, 0.05) is 19.1 Å². The predicted molar refractivity (Wildman–Crippen MR) is 54.4 cm³/mol. The Morgan fingerprint density at radius 1 is 1.50 bits per heavy atom. The molecule has 1 unspecified atom stereocenters. The highest BCUT2D eigenvalue weighted by Crippen LogP contribution is 1.97. The highest BCUT2D eigenvalue weighted by molar-refractivity contribution is 5.04. The van der Waals surface area contributed by atoms with E-state index in [-0.39, 0.29) is 5.82 Å². The van der Waals surface area contributed by atoms with Crippen LogP contribution in [0.15, 0.2) is 18.3 Å². The quantitative estimate of drug-likeness (QED) is 0.737. The Balaban J connectivity index is 2.34. The number of halogens is 1. The fraction of sp³-hybridized carbons (Fsp3) is 0.500. The molecule has 1 rings (SSSR count). The van der Waals surface area contributed by atoms with E-state index in [9.17, 15) is 4.39 Å². The normalized spacial score (nSPS) is 12.8. The summed E-state index contributed by atoms with van der Waals surface area (Å²) in [5, 5.41) is 6.34. The van der Waals surface area contributed by atoms with Gasteiger partial charge in [-0.2, -0.15) is 0 Å². The molecule has 0 saturated heterocycles. The van der Waals surface area contributed by atoms with Gasteiger partial charge in [-0.1, -0.05) is 0 Å². The predicted octanol–water partition coefficient (Wildman–Crippen LogP) is 0.918. The molecule has 1 atom stereocenters. The minimum absolute atomic E-state index is 0.294. The van der Waals surface area contributed by atoms with Gasteiger partial charge in [-0.3, -0.25) is 4.98 Å². The Morgan fingerprint density at radius 3 is 2.86 bits per heavy atom. The largest absolute Gasteiger partial charge is 0.318 e. The summed E-state index contributed by atoms with van der Waals surface area (Å²) >= 11 is 0. The third kappa shape index (κ3) is 3.81. The number of rotatable bonds is 5. The van der Waals surface area contributed by atoms with Crippen molar-refractivity contribution in [3.63, 3.8) is 0 Å². The van der Waals surface area contributed by atoms with E-state index >= 15 is 0 Å². The van der Waals surface area contributed by atoms with E-state index in [0.717, 1.165) is 12.2 Å². The van der Waals surface area contributed by atoms with Gasteiger partial charge >= 0.3 is 0 Å². The second-order valence-electron chi connectivity index (χ2n) is 3.31. The number of nitrogens with zero attached hydrogens (tertiary/aromatic N) is 1. The molecule has 4 heteroatoms. The second kappa shape index (κ2) is 5.67. The smallest absolute Gasteiger partial charge is 0.141 e. The van der Waals surface area contributed by atoms with Crippen LogP contribution in [0.25, 0.3) is 0 Å². The molecule has 0 saturated carbocycles. The Labute approximate surface area is 83.7 Å². The molecular formula is C10H16FN3. The highest BCUT2D eigenvalue weighted by atomic mass is 19.1. The molecule has 1 heterocycles. The molecule has 78 valence electrons. The van der Waals surface area contributed by atoms with Gasteiger partial charge in [-0.05, 0) is 26.1 Å². The van der Waals surface area contributed by atoms with Crippen molar-refractivity contribution in [1.82, 2.24) is 15.6 Å². The summed E-state index contributed by atoms with van der Waals surface area (Å²) in [6, 6.07) is 3.49. The van der Waals surface area contributed by atoms with Gasteiger partial charge in [0.15, 0.2) is 0 Å². The number of nitrogens with one attached hydrogen (secondary N) is 2. The standard InChI is InChI=1S/C10H16FN3/c1-8(5-12-2)13-7-10-4-3-9(11)6-14-10/h3-4,6,8,12-13H,5,7H2,1-2H3. The van der Waals surface area contributed by atoms with Gasteiger partial charge in [-0.25, -0.2) is 4.39 Å². The van der Waals surface area contributed by atoms with Crippen molar-refractivity contribution in [3.05, 3.63) is 29.8 Å². The lowest BCUT2D eigenvalue weighted by Gasteiger charge is -2.12. The summed E-state index contributed by atoms with van der Waals surface area (Å²) in [5.41, 5.74) is 0.856. The van der Waals surface area contributed by atoms with Gasteiger partial charge in [0.2, 0.25) is 0 Å². The van der Waals surface area contributed by atoms with Crippen LogP contribution in [0.3, 0.4) is 0 Å². The lowest BCUT2D eigenvalue weighted by atomic mass is 10.3. The van der Waals surface area contributed by atoms with Gasteiger partial charge in [0.25, 0.3) is 0 Å². The first-order valence-corrected chi connectivity index (χ1v) is 4.71. The zero-order valence-corrected chi connectivity index (χ0v) is 8.55. The van der Waals surface area contributed by atoms with Crippen LogP contribution in [0, 0.1) is 5.82 Å². The van der Waals surface area contributed by atoms with Gasteiger partial charge < -0.3 is 10.6 Å². The van der Waals surface area contributed by atoms with Crippen molar-refractivity contribution >= 4 is 0 Å². The van der Waals surface area contributed by atoms with E-state index in [2.05, 4.69) is 22.5 Å². The van der Waals surface area contributed by atoms with Crippen LogP contribution >= 0.6 is 0 Å². The fourth-order valence-corrected chi connectivity index (χ4v) is 1.17. The SMILES string of the molecule is CNCC(C)NCc1ccc(F)cn1. The van der Waals surface area contributed by atoms with Gasteiger partial charge in [0.05, 0.1) is 11.9 Å². The maximum atomic E-state index is 12.5. The Morgan fingerprint density at radius 2 is 2.29 bits per heavy atom. The van der Waals surface area contributed by atoms with Crippen LogP contribution in [-0.2, 0) is 6.54 Å². The van der Waals surface area contributed by atoms with Crippen molar-refractivity contribution in [2.75, 3.05) is 13.6 Å². The lowest BCUT2D eigenvalue weighted by molar-refractivity contribution is 0.517. The van der Waals surface area contributed by atoms with Gasteiger partial charge in [0.1, 0.15) is 5.82 Å². The van der Waals surface area contributed by atoms with E-state index in [1.807, 2.05) is 7.05 Å². The first kappa shape index (κ1) is 11.1. The summed E-state index contributed by atoms with van der Waals surface area (Å²) in [5.74, 6) is -0.294. The third-order valence-corrected chi connectivity index (χ3v) is 1.93. The summed E-state index contributed by atoms with van der Waals surface area (Å²) in [6.45, 7) is 3.66. The molecule has 0 fully saturated rings. The molecule has 14 heavy (non-hydrogen) atoms. The van der Waals surface area contributed by atoms with Crippen molar-refractivity contribution in [2.24, 2.45) is 0 Å². The van der Waals surface area contributed by atoms with E-state index < -0.39 is 0 Å². The maximum Gasteiger partial charge on any atom is 0.141 e. The zero-order valence-electron chi connectivity index (χ0n) is 8.55. The lowest BCUT2D eigenvalue weighted by Crippen LogP contribution is -2.34. The molecule has 1 aromatic rings. The Hall–Kier alpha value is -1.00. The van der Waals surface area contributed by atoms with Crippen molar-refractivity contribution in [2.45, 2.75) is 19.5 Å². The maximum absolute atomic E-state index is 12.5. The van der Waals surface area contributed by atoms with E-state index in [1.165, 1.54) is 12.3 Å². The Bertz CT molecular complexity index is 261. The fourth-order valence-electron chi connectivity index (χ4n) is 1.17. The summed E-state index contributed by atoms with van der Waals surface area (Å²) < 4.78 is 12.5. The summed E-state index contributed by atoms with van der Waals surface area (Å²) in [7, 11) is 1.91. The third-order valence-electron chi connectivity index (χ3n) is 1.93. The molecule has 0 aliphatic rings. The second-order valence-corrected chi connectivity index (χ2v) is 3.31. The van der Waals surface area contributed by atoms with Crippen LogP contribution in [0.4, 0.5) is 4.39 Å². The number of aromatic nitrogens is 1. The van der Waals surface area contributed by atoms with Crippen LogP contribution in [0.1, 0.15) is 12.6 Å². The first-order chi connectivity index (χ1) is 6.72. The number of hydrogen-bond acceptors (Lipinski definition) is 3. The van der Waals surface area contributed by atoms with E-state index in [0.29, 0.717) is 12.6 Å². The van der Waals surface area contributed by atoms with Crippen LogP contribution < -0.4 is 10.6 Å². The molecular weight excluding hydrogens is 181 g/mol. The molecule has 0 aliphatic carbocycles. The summed E-state index contributed by atoms with van der Waals surface area (Å²) in [6.07, 6.45) is 1.24. The average molecular weight is 197 g/mol. The van der Waals surface area contributed by atoms with E-state index in [4.69, 9.17) is 0 Å². The molecule has 0 amide bonds. The number of hydrogen-bond donors (Lipinski definition) is 2. The molecule has 0 spiro atoms. The van der Waals surface area contributed by atoms with Crippen LogP contribution in [0.2, 0.25) is 0 Å². The monoisotopic (exact) mass is 197 g/mol. The molecule has 1 aromatic heterocycles. The van der Waals surface area contributed by atoms with Crippen LogP contribution in [-0.4, -0.2) is 24.6 Å². The van der Waals surface area contributed by atoms with Crippen molar-refractivity contribution < 1.29 is 4.39 Å². The van der Waals surface area contributed by atoms with Crippen LogP contribution in [0.5, 0.6) is 0 Å². The molecule has 0 bridgehead atoms. The summed E-state index contributed by atoms with van der Waals surface area (Å²) in [4.78, 5) is 3.95. The van der Waals surface area contributed by atoms with Crippen molar-refractivity contribution in [3.8, 4) is 0 Å². The molecule has 2 N–H and O–H groups in total. The molecule has 3 nitrogen and oxygen atoms in total. The minimum atomic E-state index is -0.294. The molecule has 0 aromatic carbocycles. The molecule has 0 aliphatic heterocycles. The zero-order chi connectivity index (χ0) is 10.4. The minimum Gasteiger partial charge on any atom is -0.318 e. The van der Waals surface area contributed by atoms with Gasteiger partial charge in [-0.15, -0.1) is 0 Å². The first-order valence-electron chi connectivity index (χ1n) is 4.71. The number of likely N-dealkylation sites (N-methyl/N-ethyl adjacent to an activating group) is 1. The highest BCUT2D eigenvalue weighted by Gasteiger charge is 2.00. The van der Waals surface area contributed by atoms with E-state index in [1.54, 1.807) is 6.07 Å². The molecule has 0 radical (unpaired) electrons.